The van der Waals surface area contributed by atoms with Crippen molar-refractivity contribution in [3.63, 3.8) is 0 Å². The molecule has 1 heterocycles. The van der Waals surface area contributed by atoms with Gasteiger partial charge in [-0.1, -0.05) is 0 Å². The Morgan fingerprint density at radius 1 is 0.909 bits per heavy atom. The Labute approximate surface area is 124 Å². The maximum absolute atomic E-state index is 12.2. The predicted octanol–water partition coefficient (Wildman–Crippen LogP) is 2.61. The number of nitrogens with zero attached hydrogens (tertiary/aromatic N) is 1. The summed E-state index contributed by atoms with van der Waals surface area (Å²) in [5, 5.41) is 28.6. The number of carbonyl (C=O) groups is 1. The van der Waals surface area contributed by atoms with Gasteiger partial charge in [0.05, 0.1) is 11.2 Å². The molecule has 1 aromatic heterocycles. The SMILES string of the molecule is O=C(O)n1c(-c2ccc(O)cc2)cc(=O)c2ccc(O)cc21. The van der Waals surface area contributed by atoms with Gasteiger partial charge in [-0.15, -0.1) is 0 Å². The number of pyridine rings is 1. The first kappa shape index (κ1) is 13.7. The van der Waals surface area contributed by atoms with Gasteiger partial charge < -0.3 is 15.3 Å². The van der Waals surface area contributed by atoms with E-state index in [9.17, 15) is 24.9 Å². The van der Waals surface area contributed by atoms with Crippen molar-refractivity contribution in [2.24, 2.45) is 0 Å². The quantitative estimate of drug-likeness (QED) is 0.641. The van der Waals surface area contributed by atoms with Gasteiger partial charge in [0.2, 0.25) is 0 Å². The van der Waals surface area contributed by atoms with Gasteiger partial charge in [-0.2, -0.15) is 0 Å². The Morgan fingerprint density at radius 2 is 1.55 bits per heavy atom. The van der Waals surface area contributed by atoms with E-state index in [1.165, 1.54) is 48.5 Å². The van der Waals surface area contributed by atoms with Crippen LogP contribution in [0.4, 0.5) is 4.79 Å². The maximum atomic E-state index is 12.2. The zero-order valence-electron chi connectivity index (χ0n) is 11.2. The first-order valence-corrected chi connectivity index (χ1v) is 6.39. The molecule has 0 aliphatic carbocycles. The number of rotatable bonds is 1. The van der Waals surface area contributed by atoms with Gasteiger partial charge in [0, 0.05) is 17.5 Å². The van der Waals surface area contributed by atoms with Crippen LogP contribution < -0.4 is 5.43 Å². The van der Waals surface area contributed by atoms with E-state index in [2.05, 4.69) is 0 Å². The second kappa shape index (κ2) is 4.92. The fraction of sp³-hybridized carbons (Fsp3) is 0. The van der Waals surface area contributed by atoms with E-state index in [0.717, 1.165) is 4.57 Å². The van der Waals surface area contributed by atoms with E-state index in [0.29, 0.717) is 5.56 Å². The Hall–Kier alpha value is -3.28. The number of hydrogen-bond acceptors (Lipinski definition) is 4. The number of carboxylic acid groups (broad SMARTS) is 1. The molecule has 0 radical (unpaired) electrons. The molecule has 3 rings (SSSR count). The van der Waals surface area contributed by atoms with Crippen LogP contribution in [-0.2, 0) is 0 Å². The van der Waals surface area contributed by atoms with Crippen LogP contribution in [0.1, 0.15) is 0 Å². The molecular formula is C16H11NO5. The molecule has 3 N–H and O–H groups in total. The summed E-state index contributed by atoms with van der Waals surface area (Å²) in [5.74, 6) is -0.101. The minimum absolute atomic E-state index is 0.0337. The number of fused-ring (bicyclic) bond motifs is 1. The zero-order valence-corrected chi connectivity index (χ0v) is 11.2. The smallest absolute Gasteiger partial charge is 0.416 e. The van der Waals surface area contributed by atoms with E-state index in [-0.39, 0.29) is 33.5 Å². The zero-order chi connectivity index (χ0) is 15.9. The molecule has 110 valence electrons. The summed E-state index contributed by atoms with van der Waals surface area (Å²) in [6.45, 7) is 0. The molecule has 0 atom stereocenters. The summed E-state index contributed by atoms with van der Waals surface area (Å²) in [6, 6.07) is 11.0. The van der Waals surface area contributed by atoms with Crippen LogP contribution in [0.15, 0.2) is 53.3 Å². The minimum Gasteiger partial charge on any atom is -0.508 e. The lowest BCUT2D eigenvalue weighted by Crippen LogP contribution is -2.17. The van der Waals surface area contributed by atoms with Crippen LogP contribution in [0, 0.1) is 0 Å². The van der Waals surface area contributed by atoms with Crippen molar-refractivity contribution >= 4 is 17.0 Å². The van der Waals surface area contributed by atoms with Gasteiger partial charge >= 0.3 is 6.09 Å². The van der Waals surface area contributed by atoms with Gasteiger partial charge in [-0.25, -0.2) is 9.36 Å². The first-order chi connectivity index (χ1) is 10.5. The maximum Gasteiger partial charge on any atom is 0.416 e. The van der Waals surface area contributed by atoms with Crippen LogP contribution in [0.3, 0.4) is 0 Å². The van der Waals surface area contributed by atoms with Gasteiger partial charge in [0.15, 0.2) is 5.43 Å². The van der Waals surface area contributed by atoms with Crippen LogP contribution in [0.5, 0.6) is 11.5 Å². The van der Waals surface area contributed by atoms with Crippen molar-refractivity contribution in [1.29, 1.82) is 0 Å². The summed E-state index contributed by atoms with van der Waals surface area (Å²) in [6.07, 6.45) is -1.28. The summed E-state index contributed by atoms with van der Waals surface area (Å²) >= 11 is 0. The highest BCUT2D eigenvalue weighted by atomic mass is 16.4. The summed E-state index contributed by atoms with van der Waals surface area (Å²) < 4.78 is 0.933. The molecule has 2 aromatic carbocycles. The van der Waals surface area contributed by atoms with Crippen molar-refractivity contribution < 1.29 is 20.1 Å². The molecule has 6 nitrogen and oxygen atoms in total. The van der Waals surface area contributed by atoms with Crippen LogP contribution in [-0.4, -0.2) is 26.0 Å². The predicted molar refractivity (Wildman–Crippen MR) is 80.4 cm³/mol. The molecule has 0 saturated carbocycles. The molecule has 0 unspecified atom stereocenters. The molecule has 0 bridgehead atoms. The van der Waals surface area contributed by atoms with Crippen molar-refractivity contribution in [3.05, 3.63) is 58.8 Å². The highest BCUT2D eigenvalue weighted by Gasteiger charge is 2.16. The molecule has 0 spiro atoms. The lowest BCUT2D eigenvalue weighted by molar-refractivity contribution is 0.197. The van der Waals surface area contributed by atoms with Crippen molar-refractivity contribution in [3.8, 4) is 22.8 Å². The highest BCUT2D eigenvalue weighted by molar-refractivity contribution is 5.92. The van der Waals surface area contributed by atoms with Crippen molar-refractivity contribution in [2.45, 2.75) is 0 Å². The van der Waals surface area contributed by atoms with Crippen molar-refractivity contribution in [1.82, 2.24) is 4.57 Å². The minimum atomic E-state index is -1.28. The van der Waals surface area contributed by atoms with Crippen LogP contribution in [0.2, 0.25) is 0 Å². The number of hydrogen-bond donors (Lipinski definition) is 3. The fourth-order valence-electron chi connectivity index (χ4n) is 2.36. The first-order valence-electron chi connectivity index (χ1n) is 6.39. The lowest BCUT2D eigenvalue weighted by Gasteiger charge is -2.13. The largest absolute Gasteiger partial charge is 0.508 e. The van der Waals surface area contributed by atoms with Gasteiger partial charge in [-0.3, -0.25) is 4.79 Å². The standard InChI is InChI=1S/C16H11NO5/c18-10-3-1-9(2-4-10)13-8-15(20)12-6-5-11(19)7-14(12)17(13)16(21)22/h1-8,18-19H,(H,21,22). The molecular weight excluding hydrogens is 286 g/mol. The Bertz CT molecular complexity index is 941. The average molecular weight is 297 g/mol. The molecule has 0 aliphatic heterocycles. The number of aromatic hydroxyl groups is 2. The summed E-state index contributed by atoms with van der Waals surface area (Å²) in [5.41, 5.74) is 0.372. The van der Waals surface area contributed by atoms with E-state index in [4.69, 9.17) is 0 Å². The Balaban J connectivity index is 2.44. The number of phenols is 2. The van der Waals surface area contributed by atoms with Crippen molar-refractivity contribution in [2.75, 3.05) is 0 Å². The van der Waals surface area contributed by atoms with Gasteiger partial charge in [-0.05, 0) is 42.0 Å². The molecule has 0 saturated heterocycles. The molecule has 6 heteroatoms. The normalized spacial score (nSPS) is 10.7. The Morgan fingerprint density at radius 3 is 2.18 bits per heavy atom. The van der Waals surface area contributed by atoms with Crippen LogP contribution in [0.25, 0.3) is 22.2 Å². The second-order valence-electron chi connectivity index (χ2n) is 4.76. The topological polar surface area (TPSA) is 99.8 Å². The third-order valence-electron chi connectivity index (χ3n) is 3.35. The third-order valence-corrected chi connectivity index (χ3v) is 3.35. The third kappa shape index (κ3) is 2.16. The number of phenolic OH excluding ortho intramolecular Hbond substituents is 2. The van der Waals surface area contributed by atoms with E-state index >= 15 is 0 Å². The number of benzene rings is 2. The van der Waals surface area contributed by atoms with Gasteiger partial charge in [0.1, 0.15) is 11.5 Å². The molecule has 0 aliphatic rings. The average Bonchev–Trinajstić information content (AvgIpc) is 2.47. The lowest BCUT2D eigenvalue weighted by atomic mass is 10.1. The van der Waals surface area contributed by atoms with E-state index in [1.807, 2.05) is 0 Å². The molecule has 3 aromatic rings. The second-order valence-corrected chi connectivity index (χ2v) is 4.76. The fourth-order valence-corrected chi connectivity index (χ4v) is 2.36. The summed E-state index contributed by atoms with van der Waals surface area (Å²) in [4.78, 5) is 23.8. The molecule has 0 fully saturated rings. The van der Waals surface area contributed by atoms with Crippen LogP contribution >= 0.6 is 0 Å². The monoisotopic (exact) mass is 297 g/mol. The summed E-state index contributed by atoms with van der Waals surface area (Å²) in [7, 11) is 0. The van der Waals surface area contributed by atoms with E-state index < -0.39 is 6.09 Å². The molecule has 0 amide bonds. The van der Waals surface area contributed by atoms with E-state index in [1.54, 1.807) is 0 Å². The molecule has 22 heavy (non-hydrogen) atoms. The van der Waals surface area contributed by atoms with Gasteiger partial charge in [0.25, 0.3) is 0 Å². The Kier molecular flexibility index (Phi) is 3.06. The number of aromatic nitrogens is 1. The highest BCUT2D eigenvalue weighted by Crippen LogP contribution is 2.26.